The first-order valence-electron chi connectivity index (χ1n) is 10.8. The molecule has 8 heteroatoms. The predicted molar refractivity (Wildman–Crippen MR) is 115 cm³/mol. The van der Waals surface area contributed by atoms with E-state index < -0.39 is 5.54 Å². The summed E-state index contributed by atoms with van der Waals surface area (Å²) in [6, 6.07) is 9.51. The van der Waals surface area contributed by atoms with Crippen molar-refractivity contribution < 1.29 is 14.4 Å². The van der Waals surface area contributed by atoms with E-state index in [1.165, 1.54) is 4.90 Å². The minimum absolute atomic E-state index is 0.124. The number of H-pyrrole nitrogens is 1. The Morgan fingerprint density at radius 2 is 1.84 bits per heavy atom. The number of benzene rings is 1. The van der Waals surface area contributed by atoms with Crippen LogP contribution < -0.4 is 0 Å². The number of carbonyl (C=O) groups is 3. The van der Waals surface area contributed by atoms with Gasteiger partial charge in [-0.1, -0.05) is 44.2 Å². The number of nitrogens with zero attached hydrogens (tertiary/aromatic N) is 4. The first-order valence-corrected chi connectivity index (χ1v) is 10.8. The van der Waals surface area contributed by atoms with Gasteiger partial charge >= 0.3 is 6.03 Å². The highest BCUT2D eigenvalue weighted by molar-refractivity contribution is 6.07. The molecule has 4 amide bonds. The van der Waals surface area contributed by atoms with Crippen molar-refractivity contribution in [1.29, 1.82) is 0 Å². The minimum Gasteiger partial charge on any atom is -0.338 e. The number of hydrogen-bond acceptors (Lipinski definition) is 4. The molecule has 31 heavy (non-hydrogen) atoms. The smallest absolute Gasteiger partial charge is 0.327 e. The minimum atomic E-state index is -0.900. The normalized spacial score (nSPS) is 18.5. The topological polar surface area (TPSA) is 89.6 Å². The van der Waals surface area contributed by atoms with Gasteiger partial charge < -0.3 is 14.8 Å². The lowest BCUT2D eigenvalue weighted by Gasteiger charge is -2.42. The van der Waals surface area contributed by atoms with E-state index in [1.807, 2.05) is 44.2 Å². The number of piperidine rings is 1. The molecule has 0 saturated carbocycles. The molecule has 0 bridgehead atoms. The largest absolute Gasteiger partial charge is 0.338 e. The summed E-state index contributed by atoms with van der Waals surface area (Å²) in [5, 5.41) is 0. The van der Waals surface area contributed by atoms with Gasteiger partial charge in [0, 0.05) is 26.2 Å². The molecule has 1 N–H and O–H groups in total. The maximum absolute atomic E-state index is 13.5. The molecule has 1 spiro atoms. The number of amides is 4. The second-order valence-electron chi connectivity index (χ2n) is 8.87. The van der Waals surface area contributed by atoms with Gasteiger partial charge in [0.2, 0.25) is 0 Å². The summed E-state index contributed by atoms with van der Waals surface area (Å²) in [5.74, 6) is 0.617. The third-order valence-electron chi connectivity index (χ3n) is 6.16. The molecule has 0 atom stereocenters. The van der Waals surface area contributed by atoms with Crippen LogP contribution in [0.5, 0.6) is 0 Å². The van der Waals surface area contributed by atoms with Gasteiger partial charge in [0.25, 0.3) is 11.8 Å². The fraction of sp³-hybridized carbons (Fsp3) is 0.478. The Hall–Kier alpha value is -3.16. The highest BCUT2D eigenvalue weighted by atomic mass is 16.2. The molecule has 2 fully saturated rings. The molecule has 2 aliphatic heterocycles. The number of aryl methyl sites for hydroxylation is 1. The van der Waals surface area contributed by atoms with Crippen molar-refractivity contribution in [3.05, 3.63) is 53.6 Å². The van der Waals surface area contributed by atoms with Crippen LogP contribution in [0.4, 0.5) is 4.79 Å². The zero-order valence-corrected chi connectivity index (χ0v) is 18.3. The van der Waals surface area contributed by atoms with Crippen molar-refractivity contribution in [3.8, 4) is 0 Å². The lowest BCUT2D eigenvalue weighted by atomic mass is 9.85. The van der Waals surface area contributed by atoms with Crippen LogP contribution in [-0.4, -0.2) is 67.7 Å². The average molecular weight is 424 g/mol. The van der Waals surface area contributed by atoms with Gasteiger partial charge in [-0.25, -0.2) is 9.78 Å². The quantitative estimate of drug-likeness (QED) is 0.749. The molecule has 8 nitrogen and oxygen atoms in total. The molecule has 0 aliphatic carbocycles. The zero-order chi connectivity index (χ0) is 22.2. The van der Waals surface area contributed by atoms with Gasteiger partial charge in [-0.2, -0.15) is 0 Å². The van der Waals surface area contributed by atoms with Crippen LogP contribution in [0, 0.1) is 12.8 Å². The molecule has 1 aromatic heterocycles. The Kier molecular flexibility index (Phi) is 5.56. The van der Waals surface area contributed by atoms with Gasteiger partial charge in [0.05, 0.1) is 6.20 Å². The van der Waals surface area contributed by atoms with E-state index in [9.17, 15) is 14.4 Å². The second kappa shape index (κ2) is 8.17. The van der Waals surface area contributed by atoms with E-state index in [1.54, 1.807) is 22.9 Å². The standard InChI is InChI=1S/C23H29N5O3/c1-16(2)14-27-21(30)23(28(22(27)31)15-18-7-5-4-6-8-18)9-11-26(12-10-23)20(29)19-13-24-17(3)25-19/h4-8,13,16H,9-12,14-15H2,1-3H3,(H,24,25). The van der Waals surface area contributed by atoms with E-state index in [2.05, 4.69) is 9.97 Å². The Balaban J connectivity index is 1.58. The van der Waals surface area contributed by atoms with Crippen molar-refractivity contribution >= 4 is 17.8 Å². The third kappa shape index (κ3) is 3.82. The first-order chi connectivity index (χ1) is 14.8. The summed E-state index contributed by atoms with van der Waals surface area (Å²) in [6.45, 7) is 7.42. The summed E-state index contributed by atoms with van der Waals surface area (Å²) < 4.78 is 0. The number of imide groups is 1. The zero-order valence-electron chi connectivity index (χ0n) is 18.3. The van der Waals surface area contributed by atoms with Crippen molar-refractivity contribution in [2.45, 2.75) is 45.7 Å². The van der Waals surface area contributed by atoms with E-state index in [-0.39, 0.29) is 23.8 Å². The van der Waals surface area contributed by atoms with Crippen LogP contribution >= 0.6 is 0 Å². The Morgan fingerprint density at radius 3 is 2.42 bits per heavy atom. The summed E-state index contributed by atoms with van der Waals surface area (Å²) in [5.41, 5.74) is 0.536. The molecule has 3 heterocycles. The third-order valence-corrected chi connectivity index (χ3v) is 6.16. The van der Waals surface area contributed by atoms with Crippen molar-refractivity contribution in [2.24, 2.45) is 5.92 Å². The maximum atomic E-state index is 13.5. The molecule has 164 valence electrons. The maximum Gasteiger partial charge on any atom is 0.327 e. The van der Waals surface area contributed by atoms with Crippen molar-refractivity contribution in [1.82, 2.24) is 24.7 Å². The number of likely N-dealkylation sites (tertiary alicyclic amines) is 1. The van der Waals surface area contributed by atoms with Gasteiger partial charge in [0.15, 0.2) is 0 Å². The van der Waals surface area contributed by atoms with Gasteiger partial charge in [-0.15, -0.1) is 0 Å². The highest BCUT2D eigenvalue weighted by Crippen LogP contribution is 2.39. The number of nitrogens with one attached hydrogen (secondary N) is 1. The molecular formula is C23H29N5O3. The highest BCUT2D eigenvalue weighted by Gasteiger charge is 2.58. The summed E-state index contributed by atoms with van der Waals surface area (Å²) >= 11 is 0. The van der Waals surface area contributed by atoms with E-state index >= 15 is 0 Å². The number of carbonyl (C=O) groups excluding carboxylic acids is 3. The molecule has 4 rings (SSSR count). The van der Waals surface area contributed by atoms with Crippen molar-refractivity contribution in [2.75, 3.05) is 19.6 Å². The number of urea groups is 1. The number of rotatable bonds is 5. The van der Waals surface area contributed by atoms with E-state index in [0.717, 1.165) is 5.56 Å². The van der Waals surface area contributed by atoms with Gasteiger partial charge in [0.1, 0.15) is 17.1 Å². The number of imidazole rings is 1. The molecule has 1 aromatic carbocycles. The van der Waals surface area contributed by atoms with Crippen LogP contribution in [0.25, 0.3) is 0 Å². The van der Waals surface area contributed by atoms with Crippen LogP contribution in [0.15, 0.2) is 36.5 Å². The summed E-state index contributed by atoms with van der Waals surface area (Å²) in [4.78, 5) is 51.6. The van der Waals surface area contributed by atoms with Crippen molar-refractivity contribution in [3.63, 3.8) is 0 Å². The molecular weight excluding hydrogens is 394 g/mol. The second-order valence-corrected chi connectivity index (χ2v) is 8.87. The summed E-state index contributed by atoms with van der Waals surface area (Å²) in [7, 11) is 0. The number of aromatic nitrogens is 2. The molecule has 0 unspecified atom stereocenters. The number of hydrogen-bond donors (Lipinski definition) is 1. The fourth-order valence-corrected chi connectivity index (χ4v) is 4.56. The SMILES string of the molecule is Cc1ncc(C(=O)N2CCC3(CC2)C(=O)N(CC(C)C)C(=O)N3Cc2ccccc2)[nH]1. The summed E-state index contributed by atoms with van der Waals surface area (Å²) in [6.07, 6.45) is 2.40. The van der Waals surface area contributed by atoms with E-state index in [4.69, 9.17) is 0 Å². The number of aromatic amines is 1. The lowest BCUT2D eigenvalue weighted by molar-refractivity contribution is -0.135. The Bertz CT molecular complexity index is 976. The molecule has 2 saturated heterocycles. The average Bonchev–Trinajstić information content (AvgIpc) is 3.27. The molecule has 0 radical (unpaired) electrons. The van der Waals surface area contributed by atoms with Gasteiger partial charge in [-0.3, -0.25) is 14.5 Å². The molecule has 2 aliphatic rings. The van der Waals surface area contributed by atoms with Gasteiger partial charge in [-0.05, 0) is 31.2 Å². The fourth-order valence-electron chi connectivity index (χ4n) is 4.56. The molecule has 2 aromatic rings. The Morgan fingerprint density at radius 1 is 1.16 bits per heavy atom. The predicted octanol–water partition coefficient (Wildman–Crippen LogP) is 2.81. The van der Waals surface area contributed by atoms with Crippen LogP contribution in [0.1, 0.15) is 48.6 Å². The van der Waals surface area contributed by atoms with Crippen LogP contribution in [0.2, 0.25) is 0 Å². The van der Waals surface area contributed by atoms with Crippen LogP contribution in [0.3, 0.4) is 0 Å². The van der Waals surface area contributed by atoms with E-state index in [0.29, 0.717) is 50.5 Å². The lowest BCUT2D eigenvalue weighted by Crippen LogP contribution is -2.57. The van der Waals surface area contributed by atoms with Crippen LogP contribution in [-0.2, 0) is 11.3 Å². The Labute approximate surface area is 182 Å². The monoisotopic (exact) mass is 423 g/mol. The first kappa shape index (κ1) is 21.1.